The van der Waals surface area contributed by atoms with Crippen LogP contribution >= 0.6 is 159 Å². The maximum atomic E-state index is 6.54. The summed E-state index contributed by atoms with van der Waals surface area (Å²) < 4.78 is 15.0. The maximum Gasteiger partial charge on any atom is 0.158 e. The number of hydrogen-bond acceptors (Lipinski definition) is 1. The molecule has 0 bridgehead atoms. The summed E-state index contributed by atoms with van der Waals surface area (Å²) in [6, 6.07) is 16.1. The molecular weight excluding hydrogens is 1100 g/mol. The summed E-state index contributed by atoms with van der Waals surface area (Å²) in [7, 11) is 0. The van der Waals surface area contributed by atoms with Gasteiger partial charge in [0.25, 0.3) is 0 Å². The van der Waals surface area contributed by atoms with Crippen molar-refractivity contribution in [2.24, 2.45) is 0 Å². The SMILES string of the molecule is Brc1ccccc1-c1c(Br)c(Br)c(Oc2c(Br)c(Br)c(-c3ccccc3Br)c(Br)c2Br)c(Br)c1Br. The summed E-state index contributed by atoms with van der Waals surface area (Å²) in [5.74, 6) is 1.21. The van der Waals surface area contributed by atoms with Gasteiger partial charge in [0, 0.05) is 38.0 Å². The van der Waals surface area contributed by atoms with E-state index in [1.54, 1.807) is 0 Å². The zero-order valence-corrected chi connectivity index (χ0v) is 32.7. The average Bonchev–Trinajstić information content (AvgIpc) is 2.84. The Morgan fingerprint density at radius 1 is 0.371 bits per heavy atom. The normalized spacial score (nSPS) is 11.1. The molecule has 0 N–H and O–H groups in total. The van der Waals surface area contributed by atoms with E-state index in [9.17, 15) is 0 Å². The second-order valence-corrected chi connectivity index (χ2v) is 15.0. The van der Waals surface area contributed by atoms with Gasteiger partial charge in [0.05, 0.1) is 17.9 Å². The van der Waals surface area contributed by atoms with Crippen molar-refractivity contribution in [3.63, 3.8) is 0 Å². The minimum absolute atomic E-state index is 0.605. The van der Waals surface area contributed by atoms with Gasteiger partial charge in [-0.05, 0) is 151 Å². The van der Waals surface area contributed by atoms with Gasteiger partial charge in [-0.1, -0.05) is 68.3 Å². The van der Waals surface area contributed by atoms with Crippen LogP contribution in [0.25, 0.3) is 22.3 Å². The van der Waals surface area contributed by atoms with Gasteiger partial charge < -0.3 is 4.74 Å². The second-order valence-electron chi connectivity index (χ2n) is 6.98. The molecule has 0 aliphatic heterocycles. The Balaban J connectivity index is 1.89. The third kappa shape index (κ3) is 5.71. The summed E-state index contributed by atoms with van der Waals surface area (Å²) in [6.45, 7) is 0. The fraction of sp³-hybridized carbons (Fsp3) is 0. The first kappa shape index (κ1) is 29.5. The van der Waals surface area contributed by atoms with Gasteiger partial charge in [-0.15, -0.1) is 0 Å². The monoisotopic (exact) mass is 1100 g/mol. The molecule has 4 aromatic rings. The van der Waals surface area contributed by atoms with Crippen molar-refractivity contribution < 1.29 is 4.74 Å². The topological polar surface area (TPSA) is 9.23 Å². The van der Waals surface area contributed by atoms with E-state index in [1.165, 1.54) is 0 Å². The molecule has 0 atom stereocenters. The third-order valence-electron chi connectivity index (χ3n) is 4.94. The van der Waals surface area contributed by atoms with Crippen LogP contribution in [0, 0.1) is 0 Å². The standard InChI is InChI=1S/C24H8Br10O/c25-11-7-3-1-5-9(11)13-15(27)19(31)23(20(32)16(13)28)35-24-21(33)17(29)14(18(30)22(24)34)10-6-2-4-8-12(10)26/h1-8H. The maximum absolute atomic E-state index is 6.54. The van der Waals surface area contributed by atoms with Crippen LogP contribution in [0.5, 0.6) is 11.5 Å². The molecule has 4 rings (SSSR count). The largest absolute Gasteiger partial charge is 0.452 e. The van der Waals surface area contributed by atoms with E-state index < -0.39 is 0 Å². The van der Waals surface area contributed by atoms with E-state index >= 15 is 0 Å². The zero-order chi connectivity index (χ0) is 25.6. The highest BCUT2D eigenvalue weighted by molar-refractivity contribution is 9.14. The average molecular weight is 1110 g/mol. The minimum Gasteiger partial charge on any atom is -0.452 e. The van der Waals surface area contributed by atoms with Crippen LogP contribution in [0.1, 0.15) is 0 Å². The van der Waals surface area contributed by atoms with Crippen molar-refractivity contribution in [1.29, 1.82) is 0 Å². The quantitative estimate of drug-likeness (QED) is 0.185. The van der Waals surface area contributed by atoms with Crippen LogP contribution in [0.2, 0.25) is 0 Å². The Morgan fingerprint density at radius 2 is 0.657 bits per heavy atom. The number of benzene rings is 4. The highest BCUT2D eigenvalue weighted by Crippen LogP contribution is 2.56. The highest BCUT2D eigenvalue weighted by atomic mass is 79.9. The summed E-state index contributed by atoms with van der Waals surface area (Å²) in [6.07, 6.45) is 0. The lowest BCUT2D eigenvalue weighted by Crippen LogP contribution is -1.97. The molecule has 180 valence electrons. The molecule has 0 aliphatic rings. The lowest BCUT2D eigenvalue weighted by Gasteiger charge is -2.21. The first-order valence-electron chi connectivity index (χ1n) is 9.45. The summed E-state index contributed by atoms with van der Waals surface area (Å²) in [4.78, 5) is 0. The number of halogens is 10. The Hall–Kier alpha value is 1.48. The van der Waals surface area contributed by atoms with Crippen LogP contribution in [-0.2, 0) is 0 Å². The molecule has 0 fully saturated rings. The van der Waals surface area contributed by atoms with Crippen molar-refractivity contribution in [2.45, 2.75) is 0 Å². The van der Waals surface area contributed by atoms with Gasteiger partial charge in [-0.2, -0.15) is 0 Å². The molecule has 0 aromatic heterocycles. The molecule has 0 spiro atoms. The molecule has 0 amide bonds. The summed E-state index contributed by atoms with van der Waals surface area (Å²) in [5, 5.41) is 0. The predicted molar refractivity (Wildman–Crippen MR) is 181 cm³/mol. The fourth-order valence-corrected chi connectivity index (χ4v) is 9.61. The molecule has 4 aromatic carbocycles. The number of rotatable bonds is 4. The van der Waals surface area contributed by atoms with Gasteiger partial charge in [0.15, 0.2) is 11.5 Å². The van der Waals surface area contributed by atoms with Crippen LogP contribution in [-0.4, -0.2) is 0 Å². The van der Waals surface area contributed by atoms with E-state index in [2.05, 4.69) is 171 Å². The van der Waals surface area contributed by atoms with E-state index in [-0.39, 0.29) is 0 Å². The van der Waals surface area contributed by atoms with E-state index in [0.717, 1.165) is 67.0 Å². The Bertz CT molecular complexity index is 1310. The van der Waals surface area contributed by atoms with E-state index in [0.29, 0.717) is 11.5 Å². The third-order valence-corrected chi connectivity index (χ3v) is 14.6. The first-order chi connectivity index (χ1) is 16.6. The van der Waals surface area contributed by atoms with Gasteiger partial charge >= 0.3 is 0 Å². The van der Waals surface area contributed by atoms with Crippen molar-refractivity contribution in [3.05, 3.63) is 93.3 Å². The molecule has 0 heterocycles. The predicted octanol–water partition coefficient (Wildman–Crippen LogP) is 14.4. The van der Waals surface area contributed by atoms with Crippen molar-refractivity contribution >= 4 is 159 Å². The van der Waals surface area contributed by atoms with Gasteiger partial charge in [0.1, 0.15) is 0 Å². The molecular formula is C24H8Br10O. The summed E-state index contributed by atoms with van der Waals surface area (Å²) in [5.41, 5.74) is 4.02. The van der Waals surface area contributed by atoms with Gasteiger partial charge in [-0.25, -0.2) is 0 Å². The minimum atomic E-state index is 0.605. The smallest absolute Gasteiger partial charge is 0.158 e. The van der Waals surface area contributed by atoms with Crippen molar-refractivity contribution in [2.75, 3.05) is 0 Å². The Labute approximate surface area is 286 Å². The molecule has 1 nitrogen and oxygen atoms in total. The second kappa shape index (κ2) is 12.3. The molecule has 11 heteroatoms. The van der Waals surface area contributed by atoms with Crippen LogP contribution in [0.3, 0.4) is 0 Å². The zero-order valence-electron chi connectivity index (χ0n) is 16.8. The highest BCUT2D eigenvalue weighted by Gasteiger charge is 2.27. The molecule has 0 saturated carbocycles. The Morgan fingerprint density at radius 3 is 0.943 bits per heavy atom. The fourth-order valence-electron chi connectivity index (χ4n) is 3.31. The molecule has 0 unspecified atom stereocenters. The lowest BCUT2D eigenvalue weighted by molar-refractivity contribution is 0.469. The van der Waals surface area contributed by atoms with E-state index in [1.807, 2.05) is 36.4 Å². The van der Waals surface area contributed by atoms with Crippen LogP contribution < -0.4 is 4.74 Å². The molecule has 35 heavy (non-hydrogen) atoms. The summed E-state index contributed by atoms with van der Waals surface area (Å²) >= 11 is 37.4. The van der Waals surface area contributed by atoms with Crippen LogP contribution in [0.15, 0.2) is 93.3 Å². The molecule has 0 radical (unpaired) electrons. The number of hydrogen-bond donors (Lipinski definition) is 0. The Kier molecular flexibility index (Phi) is 10.4. The van der Waals surface area contributed by atoms with Crippen molar-refractivity contribution in [1.82, 2.24) is 0 Å². The van der Waals surface area contributed by atoms with Crippen molar-refractivity contribution in [3.8, 4) is 33.8 Å². The van der Waals surface area contributed by atoms with Gasteiger partial charge in [-0.3, -0.25) is 0 Å². The molecule has 0 aliphatic carbocycles. The van der Waals surface area contributed by atoms with E-state index in [4.69, 9.17) is 4.74 Å². The molecule has 0 saturated heterocycles. The first-order valence-corrected chi connectivity index (χ1v) is 17.4. The van der Waals surface area contributed by atoms with Crippen LogP contribution in [0.4, 0.5) is 0 Å². The lowest BCUT2D eigenvalue weighted by atomic mass is 10.1. The van der Waals surface area contributed by atoms with Gasteiger partial charge in [0.2, 0.25) is 0 Å². The number of ether oxygens (including phenoxy) is 1.